The van der Waals surface area contributed by atoms with Crippen molar-refractivity contribution in [2.75, 3.05) is 25.6 Å². The maximum atomic E-state index is 12.0. The topological polar surface area (TPSA) is 50.4 Å². The minimum absolute atomic E-state index is 0.0381. The van der Waals surface area contributed by atoms with E-state index in [0.29, 0.717) is 6.61 Å². The fourth-order valence-corrected chi connectivity index (χ4v) is 2.46. The second-order valence-electron chi connectivity index (χ2n) is 4.77. The van der Waals surface area contributed by atoms with Gasteiger partial charge in [0.2, 0.25) is 5.91 Å². The number of fused-ring (bicyclic) bond motifs is 1. The van der Waals surface area contributed by atoms with Crippen LogP contribution in [-0.2, 0) is 9.53 Å². The number of aryl methyl sites for hydroxylation is 2. The van der Waals surface area contributed by atoms with Crippen molar-refractivity contribution < 1.29 is 9.53 Å². The molecule has 98 valence electrons. The van der Waals surface area contributed by atoms with Crippen molar-refractivity contribution in [2.24, 2.45) is 0 Å². The molecule has 18 heavy (non-hydrogen) atoms. The van der Waals surface area contributed by atoms with Crippen molar-refractivity contribution in [3.8, 4) is 0 Å². The summed E-state index contributed by atoms with van der Waals surface area (Å²) >= 11 is 0. The van der Waals surface area contributed by atoms with Gasteiger partial charge in [0.05, 0.1) is 0 Å². The van der Waals surface area contributed by atoms with Crippen LogP contribution in [0.15, 0.2) is 12.1 Å². The maximum Gasteiger partial charge on any atom is 0.246 e. The molecule has 4 heteroatoms. The van der Waals surface area contributed by atoms with E-state index in [-0.39, 0.29) is 11.9 Å². The summed E-state index contributed by atoms with van der Waals surface area (Å²) in [4.78, 5) is 12.0. The van der Waals surface area contributed by atoms with Gasteiger partial charge in [0, 0.05) is 25.0 Å². The molecule has 2 N–H and O–H groups in total. The summed E-state index contributed by atoms with van der Waals surface area (Å²) in [7, 11) is 1.69. The van der Waals surface area contributed by atoms with Crippen LogP contribution in [0.4, 0.5) is 5.69 Å². The van der Waals surface area contributed by atoms with Crippen LogP contribution >= 0.6 is 0 Å². The number of amides is 1. The summed E-state index contributed by atoms with van der Waals surface area (Å²) in [5.41, 5.74) is 4.36. The van der Waals surface area contributed by atoms with E-state index in [9.17, 15) is 4.79 Å². The third kappa shape index (κ3) is 2.54. The summed E-state index contributed by atoms with van der Waals surface area (Å²) in [6, 6.07) is 3.91. The number of anilines is 1. The molecule has 0 aromatic heterocycles. The summed E-state index contributed by atoms with van der Waals surface area (Å²) in [5.74, 6) is 0.0381. The van der Waals surface area contributed by atoms with Gasteiger partial charge in [-0.3, -0.25) is 4.79 Å². The van der Waals surface area contributed by atoms with Gasteiger partial charge in [-0.05, 0) is 44.0 Å². The van der Waals surface area contributed by atoms with Gasteiger partial charge < -0.3 is 15.4 Å². The Hall–Kier alpha value is -1.39. The van der Waals surface area contributed by atoms with E-state index < -0.39 is 0 Å². The average Bonchev–Trinajstić information content (AvgIpc) is 2.61. The third-order valence-electron chi connectivity index (χ3n) is 3.21. The molecule has 0 bridgehead atoms. The van der Waals surface area contributed by atoms with Crippen LogP contribution in [0.25, 0.3) is 0 Å². The summed E-state index contributed by atoms with van der Waals surface area (Å²) < 4.78 is 5.00. The largest absolute Gasteiger partial charge is 0.385 e. The SMILES string of the molecule is COCCCNC1C(=O)Nc2cc(C)cc(C)c21. The van der Waals surface area contributed by atoms with Crippen LogP contribution in [0.5, 0.6) is 0 Å². The molecule has 1 aliphatic heterocycles. The lowest BCUT2D eigenvalue weighted by Crippen LogP contribution is -2.29. The normalized spacial score (nSPS) is 17.7. The summed E-state index contributed by atoms with van der Waals surface area (Å²) in [5, 5.41) is 6.23. The molecule has 1 aromatic carbocycles. The van der Waals surface area contributed by atoms with Gasteiger partial charge in [-0.25, -0.2) is 0 Å². The standard InChI is InChI=1S/C14H20N2O2/c1-9-7-10(2)12-11(8-9)16-14(17)13(12)15-5-4-6-18-3/h7-8,13,15H,4-6H2,1-3H3,(H,16,17). The van der Waals surface area contributed by atoms with E-state index >= 15 is 0 Å². The Morgan fingerprint density at radius 1 is 1.39 bits per heavy atom. The van der Waals surface area contributed by atoms with Crippen molar-refractivity contribution in [1.82, 2.24) is 5.32 Å². The van der Waals surface area contributed by atoms with Crippen molar-refractivity contribution >= 4 is 11.6 Å². The Balaban J connectivity index is 2.12. The monoisotopic (exact) mass is 248 g/mol. The van der Waals surface area contributed by atoms with Crippen molar-refractivity contribution in [2.45, 2.75) is 26.3 Å². The molecule has 1 aliphatic rings. The first-order valence-corrected chi connectivity index (χ1v) is 6.28. The number of carbonyl (C=O) groups excluding carboxylic acids is 1. The number of hydrogen-bond donors (Lipinski definition) is 2. The number of hydrogen-bond acceptors (Lipinski definition) is 3. The minimum Gasteiger partial charge on any atom is -0.385 e. The highest BCUT2D eigenvalue weighted by molar-refractivity contribution is 6.03. The summed E-state index contributed by atoms with van der Waals surface area (Å²) in [6.45, 7) is 5.58. The molecule has 1 unspecified atom stereocenters. The predicted molar refractivity (Wildman–Crippen MR) is 71.8 cm³/mol. The highest BCUT2D eigenvalue weighted by Crippen LogP contribution is 2.34. The lowest BCUT2D eigenvalue weighted by molar-refractivity contribution is -0.117. The zero-order valence-electron chi connectivity index (χ0n) is 11.2. The molecule has 0 saturated heterocycles. The Morgan fingerprint density at radius 3 is 2.89 bits per heavy atom. The van der Waals surface area contributed by atoms with E-state index in [1.54, 1.807) is 7.11 Å². The van der Waals surface area contributed by atoms with Crippen LogP contribution < -0.4 is 10.6 Å². The van der Waals surface area contributed by atoms with Gasteiger partial charge in [-0.15, -0.1) is 0 Å². The Bertz CT molecular complexity index is 457. The highest BCUT2D eigenvalue weighted by Gasteiger charge is 2.31. The van der Waals surface area contributed by atoms with Gasteiger partial charge in [0.25, 0.3) is 0 Å². The average molecular weight is 248 g/mol. The fourth-order valence-electron chi connectivity index (χ4n) is 2.46. The highest BCUT2D eigenvalue weighted by atomic mass is 16.5. The lowest BCUT2D eigenvalue weighted by atomic mass is 10.00. The Labute approximate surface area is 108 Å². The van der Waals surface area contributed by atoms with Gasteiger partial charge in [0.1, 0.15) is 6.04 Å². The number of methoxy groups -OCH3 is 1. The molecule has 0 radical (unpaired) electrons. The van der Waals surface area contributed by atoms with Crippen LogP contribution in [0.2, 0.25) is 0 Å². The maximum absolute atomic E-state index is 12.0. The third-order valence-corrected chi connectivity index (χ3v) is 3.21. The van der Waals surface area contributed by atoms with Gasteiger partial charge in [-0.2, -0.15) is 0 Å². The molecule has 0 saturated carbocycles. The molecule has 1 amide bonds. The second-order valence-corrected chi connectivity index (χ2v) is 4.77. The smallest absolute Gasteiger partial charge is 0.246 e. The molecule has 0 fully saturated rings. The van der Waals surface area contributed by atoms with E-state index in [1.807, 2.05) is 13.0 Å². The molecule has 1 heterocycles. The zero-order chi connectivity index (χ0) is 13.1. The van der Waals surface area contributed by atoms with Crippen LogP contribution in [-0.4, -0.2) is 26.2 Å². The summed E-state index contributed by atoms with van der Waals surface area (Å²) in [6.07, 6.45) is 0.903. The minimum atomic E-state index is -0.225. The zero-order valence-corrected chi connectivity index (χ0v) is 11.2. The van der Waals surface area contributed by atoms with E-state index in [4.69, 9.17) is 4.74 Å². The quantitative estimate of drug-likeness (QED) is 0.783. The molecule has 0 spiro atoms. The molecular weight excluding hydrogens is 228 g/mol. The number of rotatable bonds is 5. The van der Waals surface area contributed by atoms with E-state index in [2.05, 4.69) is 23.6 Å². The van der Waals surface area contributed by atoms with Gasteiger partial charge in [-0.1, -0.05) is 6.07 Å². The first kappa shape index (κ1) is 13.1. The molecule has 2 rings (SSSR count). The number of benzene rings is 1. The predicted octanol–water partition coefficient (Wildman–Crippen LogP) is 1.92. The van der Waals surface area contributed by atoms with Gasteiger partial charge in [0.15, 0.2) is 0 Å². The molecule has 1 aromatic rings. The van der Waals surface area contributed by atoms with Crippen molar-refractivity contribution in [3.63, 3.8) is 0 Å². The number of nitrogens with one attached hydrogen (secondary N) is 2. The lowest BCUT2D eigenvalue weighted by Gasteiger charge is -2.13. The molecule has 4 nitrogen and oxygen atoms in total. The second kappa shape index (κ2) is 5.50. The van der Waals surface area contributed by atoms with Crippen LogP contribution in [0.3, 0.4) is 0 Å². The van der Waals surface area contributed by atoms with Crippen molar-refractivity contribution in [3.05, 3.63) is 28.8 Å². The molecule has 0 aliphatic carbocycles. The Morgan fingerprint density at radius 2 is 2.17 bits per heavy atom. The molecule has 1 atom stereocenters. The van der Waals surface area contributed by atoms with E-state index in [0.717, 1.165) is 29.8 Å². The van der Waals surface area contributed by atoms with Crippen LogP contribution in [0.1, 0.15) is 29.2 Å². The van der Waals surface area contributed by atoms with E-state index in [1.165, 1.54) is 5.56 Å². The fraction of sp³-hybridized carbons (Fsp3) is 0.500. The molecular formula is C14H20N2O2. The Kier molecular flexibility index (Phi) is 3.99. The number of ether oxygens (including phenoxy) is 1. The van der Waals surface area contributed by atoms with Crippen LogP contribution in [0, 0.1) is 13.8 Å². The number of carbonyl (C=O) groups is 1. The van der Waals surface area contributed by atoms with Crippen molar-refractivity contribution in [1.29, 1.82) is 0 Å². The van der Waals surface area contributed by atoms with Gasteiger partial charge >= 0.3 is 0 Å². The first-order valence-electron chi connectivity index (χ1n) is 6.28. The first-order chi connectivity index (χ1) is 8.63.